The molecule has 0 aromatic heterocycles. The molecule has 1 N–H and O–H groups in total. The number of hydrogen-bond acceptors (Lipinski definition) is 3. The Bertz CT molecular complexity index is 300. The fourth-order valence-electron chi connectivity index (χ4n) is 2.27. The molecule has 2 aliphatic rings. The van der Waals surface area contributed by atoms with Crippen molar-refractivity contribution in [3.8, 4) is 0 Å². The summed E-state index contributed by atoms with van der Waals surface area (Å²) in [6.07, 6.45) is -6.23. The molecule has 2 saturated heterocycles. The lowest BCUT2D eigenvalue weighted by Crippen LogP contribution is -2.60. The maximum atomic E-state index is 13.2. The van der Waals surface area contributed by atoms with E-state index >= 15 is 0 Å². The molecule has 2 aliphatic heterocycles. The van der Waals surface area contributed by atoms with E-state index in [2.05, 4.69) is 5.32 Å². The Morgan fingerprint density at radius 1 is 1.24 bits per heavy atom. The van der Waals surface area contributed by atoms with Crippen LogP contribution >= 0.6 is 0 Å². The van der Waals surface area contributed by atoms with Gasteiger partial charge in [0.15, 0.2) is 11.9 Å². The van der Waals surface area contributed by atoms with Gasteiger partial charge in [0.1, 0.15) is 6.10 Å². The van der Waals surface area contributed by atoms with Crippen molar-refractivity contribution in [3.05, 3.63) is 0 Å². The molecule has 0 aromatic rings. The normalized spacial score (nSPS) is 39.2. The summed E-state index contributed by atoms with van der Waals surface area (Å²) in [6.45, 7) is 5.92. The van der Waals surface area contributed by atoms with Crippen molar-refractivity contribution >= 4 is 0 Å². The molecule has 0 amide bonds. The quantitative estimate of drug-likeness (QED) is 0.717. The molecule has 6 heteroatoms. The lowest BCUT2D eigenvalue weighted by Gasteiger charge is -2.38. The maximum Gasteiger partial charge on any atom is 0.420 e. The Hall–Kier alpha value is -0.330. The van der Waals surface area contributed by atoms with Gasteiger partial charge >= 0.3 is 6.18 Å². The molecule has 17 heavy (non-hydrogen) atoms. The van der Waals surface area contributed by atoms with Crippen LogP contribution in [0, 0.1) is 5.41 Å². The lowest BCUT2D eigenvalue weighted by molar-refractivity contribution is -0.286. The third kappa shape index (κ3) is 2.06. The Labute approximate surface area is 98.7 Å². The summed E-state index contributed by atoms with van der Waals surface area (Å²) >= 11 is 0. The Kier molecular flexibility index (Phi) is 2.95. The van der Waals surface area contributed by atoms with Crippen LogP contribution in [0.25, 0.3) is 0 Å². The van der Waals surface area contributed by atoms with Gasteiger partial charge < -0.3 is 14.8 Å². The van der Waals surface area contributed by atoms with Crippen LogP contribution in [0.2, 0.25) is 0 Å². The first kappa shape index (κ1) is 13.1. The van der Waals surface area contributed by atoms with Crippen LogP contribution in [-0.4, -0.2) is 37.3 Å². The van der Waals surface area contributed by atoms with Gasteiger partial charge in [0.2, 0.25) is 0 Å². The smallest absolute Gasteiger partial charge is 0.344 e. The molecule has 0 radical (unpaired) electrons. The minimum absolute atomic E-state index is 0.0895. The molecule has 0 bridgehead atoms. The van der Waals surface area contributed by atoms with Crippen molar-refractivity contribution in [2.75, 3.05) is 13.1 Å². The number of piperidine rings is 1. The van der Waals surface area contributed by atoms with Gasteiger partial charge in [-0.3, -0.25) is 0 Å². The highest BCUT2D eigenvalue weighted by Crippen LogP contribution is 2.49. The highest BCUT2D eigenvalue weighted by Gasteiger charge is 2.67. The second-order valence-corrected chi connectivity index (χ2v) is 5.78. The molecular weight excluding hydrogens is 235 g/mol. The second-order valence-electron chi connectivity index (χ2n) is 5.78. The van der Waals surface area contributed by atoms with Crippen molar-refractivity contribution in [2.45, 2.75) is 51.4 Å². The summed E-state index contributed by atoms with van der Waals surface area (Å²) in [5.74, 6) is 0. The highest BCUT2D eigenvalue weighted by atomic mass is 19.4. The van der Waals surface area contributed by atoms with E-state index in [4.69, 9.17) is 9.47 Å². The molecule has 2 rings (SSSR count). The van der Waals surface area contributed by atoms with E-state index in [0.29, 0.717) is 6.54 Å². The van der Waals surface area contributed by atoms with Gasteiger partial charge in [-0.05, 0) is 6.54 Å². The first-order valence-corrected chi connectivity index (χ1v) is 5.77. The summed E-state index contributed by atoms with van der Waals surface area (Å²) in [4.78, 5) is 0. The van der Waals surface area contributed by atoms with Crippen LogP contribution in [0.15, 0.2) is 0 Å². The Balaban J connectivity index is 2.28. The van der Waals surface area contributed by atoms with Crippen molar-refractivity contribution in [3.63, 3.8) is 0 Å². The van der Waals surface area contributed by atoms with E-state index < -0.39 is 29.6 Å². The first-order chi connectivity index (χ1) is 7.67. The highest BCUT2D eigenvalue weighted by molar-refractivity contribution is 5.04. The van der Waals surface area contributed by atoms with E-state index in [1.165, 1.54) is 0 Å². The number of nitrogens with one attached hydrogen (secondary N) is 1. The number of rotatable bonds is 0. The molecule has 0 spiro atoms. The average Bonchev–Trinajstić information content (AvgIpc) is 2.56. The number of alkyl halides is 3. The largest absolute Gasteiger partial charge is 0.420 e. The van der Waals surface area contributed by atoms with E-state index in [1.807, 2.05) is 20.8 Å². The number of halogens is 3. The van der Waals surface area contributed by atoms with Crippen molar-refractivity contribution in [1.82, 2.24) is 5.32 Å². The summed E-state index contributed by atoms with van der Waals surface area (Å²) in [7, 11) is 0. The van der Waals surface area contributed by atoms with Crippen LogP contribution < -0.4 is 5.32 Å². The first-order valence-electron chi connectivity index (χ1n) is 5.77. The minimum atomic E-state index is -4.39. The van der Waals surface area contributed by atoms with E-state index in [0.717, 1.165) is 0 Å². The van der Waals surface area contributed by atoms with E-state index in [1.54, 1.807) is 0 Å². The third-order valence-electron chi connectivity index (χ3n) is 3.32. The number of fused-ring (bicyclic) bond motifs is 1. The molecule has 3 atom stereocenters. The molecule has 100 valence electrons. The SMILES string of the molecule is CC(C)(C)C1O[C@@H]2CNCC[C@@]2(C(F)(F)F)O1. The maximum absolute atomic E-state index is 13.2. The zero-order valence-electron chi connectivity index (χ0n) is 10.2. The van der Waals surface area contributed by atoms with Gasteiger partial charge in [0.25, 0.3) is 0 Å². The van der Waals surface area contributed by atoms with Gasteiger partial charge in [0, 0.05) is 18.4 Å². The summed E-state index contributed by atoms with van der Waals surface area (Å²) < 4.78 is 50.4. The fraction of sp³-hybridized carbons (Fsp3) is 1.00. The summed E-state index contributed by atoms with van der Waals surface area (Å²) in [5, 5.41) is 2.92. The van der Waals surface area contributed by atoms with Crippen molar-refractivity contribution in [1.29, 1.82) is 0 Å². The topological polar surface area (TPSA) is 30.5 Å². The monoisotopic (exact) mass is 253 g/mol. The van der Waals surface area contributed by atoms with Crippen LogP contribution in [0.5, 0.6) is 0 Å². The van der Waals surface area contributed by atoms with Crippen molar-refractivity contribution < 1.29 is 22.6 Å². The Morgan fingerprint density at radius 3 is 2.35 bits per heavy atom. The second kappa shape index (κ2) is 3.83. The van der Waals surface area contributed by atoms with Crippen molar-refractivity contribution in [2.24, 2.45) is 5.41 Å². The molecule has 0 saturated carbocycles. The standard InChI is InChI=1S/C11H18F3NO2/c1-9(2,3)8-16-7-6-15-5-4-10(7,17-8)11(12,13)14/h7-8,15H,4-6H2,1-3H3/t7-,8?,10-/m1/s1. The van der Waals surface area contributed by atoms with Crippen LogP contribution in [-0.2, 0) is 9.47 Å². The average molecular weight is 253 g/mol. The molecule has 0 aromatic carbocycles. The predicted molar refractivity (Wildman–Crippen MR) is 55.5 cm³/mol. The van der Waals surface area contributed by atoms with Gasteiger partial charge in [-0.15, -0.1) is 0 Å². The zero-order valence-corrected chi connectivity index (χ0v) is 10.2. The molecule has 1 unspecified atom stereocenters. The zero-order chi connectivity index (χ0) is 12.9. The third-order valence-corrected chi connectivity index (χ3v) is 3.32. The van der Waals surface area contributed by atoms with Gasteiger partial charge in [-0.2, -0.15) is 13.2 Å². The van der Waals surface area contributed by atoms with Gasteiger partial charge in [-0.25, -0.2) is 0 Å². The summed E-state index contributed by atoms with van der Waals surface area (Å²) in [5.41, 5.74) is -2.59. The van der Waals surface area contributed by atoms with E-state index in [-0.39, 0.29) is 13.0 Å². The van der Waals surface area contributed by atoms with Crippen LogP contribution in [0.4, 0.5) is 13.2 Å². The minimum Gasteiger partial charge on any atom is -0.344 e. The number of hydrogen-bond donors (Lipinski definition) is 1. The predicted octanol–water partition coefficient (Wildman–Crippen LogP) is 2.07. The van der Waals surface area contributed by atoms with Crippen LogP contribution in [0.3, 0.4) is 0 Å². The van der Waals surface area contributed by atoms with E-state index in [9.17, 15) is 13.2 Å². The van der Waals surface area contributed by atoms with Gasteiger partial charge in [-0.1, -0.05) is 20.8 Å². The molecule has 3 nitrogen and oxygen atoms in total. The molecule has 2 fully saturated rings. The number of ether oxygens (including phenoxy) is 2. The molecule has 0 aliphatic carbocycles. The molecule has 2 heterocycles. The molecular formula is C11H18F3NO2. The van der Waals surface area contributed by atoms with Crippen LogP contribution in [0.1, 0.15) is 27.2 Å². The van der Waals surface area contributed by atoms with Gasteiger partial charge in [0.05, 0.1) is 0 Å². The summed E-state index contributed by atoms with van der Waals surface area (Å²) in [6, 6.07) is 0. The Morgan fingerprint density at radius 2 is 1.88 bits per heavy atom. The lowest BCUT2D eigenvalue weighted by atomic mass is 9.89. The fourth-order valence-corrected chi connectivity index (χ4v) is 2.27.